The van der Waals surface area contributed by atoms with Crippen molar-refractivity contribution >= 4 is 29.3 Å². The molecular formula is C29H30ClN3O3S. The van der Waals surface area contributed by atoms with Crippen molar-refractivity contribution in [1.82, 2.24) is 14.8 Å². The summed E-state index contributed by atoms with van der Waals surface area (Å²) in [6.07, 6.45) is 1.92. The summed E-state index contributed by atoms with van der Waals surface area (Å²) in [5.74, 6) is 1.22. The van der Waals surface area contributed by atoms with Crippen molar-refractivity contribution in [2.24, 2.45) is 0 Å². The van der Waals surface area contributed by atoms with Crippen LogP contribution in [0.5, 0.6) is 5.75 Å². The molecule has 1 aromatic heterocycles. The molecule has 4 rings (SSSR count). The van der Waals surface area contributed by atoms with Crippen LogP contribution in [-0.2, 0) is 23.5 Å². The van der Waals surface area contributed by atoms with Crippen molar-refractivity contribution in [2.45, 2.75) is 56.7 Å². The molecule has 0 aliphatic heterocycles. The second-order valence-electron chi connectivity index (χ2n) is 8.84. The van der Waals surface area contributed by atoms with Crippen LogP contribution in [-0.4, -0.2) is 25.8 Å². The first-order valence-electron chi connectivity index (χ1n) is 12.3. The van der Waals surface area contributed by atoms with Crippen LogP contribution in [0, 0.1) is 6.92 Å². The van der Waals surface area contributed by atoms with Crippen molar-refractivity contribution in [2.75, 3.05) is 0 Å². The quantitative estimate of drug-likeness (QED) is 0.194. The summed E-state index contributed by atoms with van der Waals surface area (Å²) in [5.41, 5.74) is 3.75. The highest BCUT2D eigenvalue weighted by Gasteiger charge is 2.23. The number of carboxylic acids is 1. The molecule has 0 fully saturated rings. The van der Waals surface area contributed by atoms with Gasteiger partial charge in [-0.15, -0.1) is 10.2 Å². The van der Waals surface area contributed by atoms with E-state index in [-0.39, 0.29) is 0 Å². The third-order valence-electron chi connectivity index (χ3n) is 6.04. The van der Waals surface area contributed by atoms with E-state index in [2.05, 4.69) is 21.7 Å². The first-order valence-corrected chi connectivity index (χ1v) is 13.6. The maximum absolute atomic E-state index is 11.9. The van der Waals surface area contributed by atoms with Gasteiger partial charge in [0.25, 0.3) is 0 Å². The fourth-order valence-corrected chi connectivity index (χ4v) is 4.99. The SMILES string of the molecule is CCCCc1nnc(SCc2ccc(Cl)cc2)n1Cc1ccc(OC(C(=O)O)c2ccccc2C)cc1. The lowest BCUT2D eigenvalue weighted by Gasteiger charge is -2.18. The Hall–Kier alpha value is -3.29. The van der Waals surface area contributed by atoms with E-state index < -0.39 is 12.1 Å². The van der Waals surface area contributed by atoms with Crippen molar-refractivity contribution in [3.8, 4) is 5.75 Å². The molecule has 0 saturated carbocycles. The van der Waals surface area contributed by atoms with Gasteiger partial charge in [0, 0.05) is 22.8 Å². The largest absolute Gasteiger partial charge is 0.478 e. The molecule has 0 aliphatic carbocycles. The Morgan fingerprint density at radius 3 is 2.41 bits per heavy atom. The minimum Gasteiger partial charge on any atom is -0.478 e. The van der Waals surface area contributed by atoms with Crippen molar-refractivity contribution < 1.29 is 14.6 Å². The number of halogens is 1. The van der Waals surface area contributed by atoms with Gasteiger partial charge in [-0.3, -0.25) is 0 Å². The molecule has 1 unspecified atom stereocenters. The third kappa shape index (κ3) is 7.14. The lowest BCUT2D eigenvalue weighted by molar-refractivity contribution is -0.145. The van der Waals surface area contributed by atoms with Crippen LogP contribution in [0.1, 0.15) is 53.9 Å². The highest BCUT2D eigenvalue weighted by atomic mass is 35.5. The minimum atomic E-state index is -1.07. The summed E-state index contributed by atoms with van der Waals surface area (Å²) < 4.78 is 8.05. The van der Waals surface area contributed by atoms with E-state index in [1.807, 2.05) is 73.7 Å². The molecule has 1 N–H and O–H groups in total. The molecule has 1 atom stereocenters. The molecular weight excluding hydrogens is 506 g/mol. The van der Waals surface area contributed by atoms with Crippen LogP contribution >= 0.6 is 23.4 Å². The number of carbonyl (C=O) groups is 1. The number of thioether (sulfide) groups is 1. The van der Waals surface area contributed by atoms with Gasteiger partial charge in [0.1, 0.15) is 11.6 Å². The second kappa shape index (κ2) is 12.8. The highest BCUT2D eigenvalue weighted by molar-refractivity contribution is 7.98. The van der Waals surface area contributed by atoms with E-state index >= 15 is 0 Å². The van der Waals surface area contributed by atoms with Crippen LogP contribution in [0.3, 0.4) is 0 Å². The zero-order valence-electron chi connectivity index (χ0n) is 20.9. The van der Waals surface area contributed by atoms with Crippen molar-refractivity contribution in [1.29, 1.82) is 0 Å². The molecule has 37 heavy (non-hydrogen) atoms. The number of aryl methyl sites for hydroxylation is 2. The van der Waals surface area contributed by atoms with Gasteiger partial charge in [-0.05, 0) is 54.3 Å². The molecule has 0 spiro atoms. The molecule has 8 heteroatoms. The highest BCUT2D eigenvalue weighted by Crippen LogP contribution is 2.27. The third-order valence-corrected chi connectivity index (χ3v) is 7.33. The molecule has 0 bridgehead atoms. The zero-order chi connectivity index (χ0) is 26.2. The van der Waals surface area contributed by atoms with Crippen LogP contribution in [0.4, 0.5) is 0 Å². The Balaban J connectivity index is 1.49. The number of benzene rings is 3. The monoisotopic (exact) mass is 535 g/mol. The van der Waals surface area contributed by atoms with Gasteiger partial charge in [0.2, 0.25) is 6.10 Å². The predicted molar refractivity (Wildman–Crippen MR) is 147 cm³/mol. The fraction of sp³-hybridized carbons (Fsp3) is 0.276. The molecule has 6 nitrogen and oxygen atoms in total. The van der Waals surface area contributed by atoms with Crippen LogP contribution < -0.4 is 4.74 Å². The number of rotatable bonds is 12. The summed E-state index contributed by atoms with van der Waals surface area (Å²) in [7, 11) is 0. The topological polar surface area (TPSA) is 77.2 Å². The zero-order valence-corrected chi connectivity index (χ0v) is 22.5. The summed E-state index contributed by atoms with van der Waals surface area (Å²) in [6.45, 7) is 4.67. The Morgan fingerprint density at radius 1 is 1.03 bits per heavy atom. The maximum atomic E-state index is 11.9. The summed E-state index contributed by atoms with van der Waals surface area (Å²) in [4.78, 5) is 11.9. The molecule has 0 amide bonds. The van der Waals surface area contributed by atoms with Gasteiger partial charge in [0.05, 0.1) is 6.54 Å². The van der Waals surface area contributed by atoms with E-state index in [1.54, 1.807) is 17.8 Å². The average molecular weight is 536 g/mol. The smallest absolute Gasteiger partial charge is 0.349 e. The molecule has 0 radical (unpaired) electrons. The Bertz CT molecular complexity index is 1320. The Labute approximate surface area is 226 Å². The van der Waals surface area contributed by atoms with Crippen molar-refractivity contribution in [3.63, 3.8) is 0 Å². The first kappa shape index (κ1) is 26.8. The lowest BCUT2D eigenvalue weighted by atomic mass is 10.0. The van der Waals surface area contributed by atoms with Gasteiger partial charge >= 0.3 is 5.97 Å². The summed E-state index contributed by atoms with van der Waals surface area (Å²) >= 11 is 7.67. The van der Waals surface area contributed by atoms with Crippen LogP contribution in [0.2, 0.25) is 5.02 Å². The standard InChI is InChI=1S/C29H30ClN3O3S/c1-3-4-9-26-31-32-29(37-19-22-10-14-23(30)15-11-22)33(26)18-21-12-16-24(17-13-21)36-27(28(34)35)25-8-6-5-7-20(25)2/h5-8,10-17,27H,3-4,9,18-19H2,1-2H3,(H,34,35). The number of nitrogens with zero attached hydrogens (tertiary/aromatic N) is 3. The van der Waals surface area contributed by atoms with Gasteiger partial charge in [-0.1, -0.05) is 85.2 Å². The second-order valence-corrected chi connectivity index (χ2v) is 10.2. The van der Waals surface area contributed by atoms with Gasteiger partial charge in [-0.2, -0.15) is 0 Å². The molecule has 1 heterocycles. The lowest BCUT2D eigenvalue weighted by Crippen LogP contribution is -2.19. The Kier molecular flexibility index (Phi) is 9.25. The van der Waals surface area contributed by atoms with Gasteiger partial charge in [-0.25, -0.2) is 4.79 Å². The number of carboxylic acid groups (broad SMARTS) is 1. The molecule has 0 aliphatic rings. The number of ether oxygens (including phenoxy) is 1. The molecule has 4 aromatic rings. The molecule has 0 saturated heterocycles. The Morgan fingerprint density at radius 2 is 1.73 bits per heavy atom. The predicted octanol–water partition coefficient (Wildman–Crippen LogP) is 7.13. The summed E-state index contributed by atoms with van der Waals surface area (Å²) in [5, 5.41) is 20.3. The van der Waals surface area contributed by atoms with Gasteiger partial charge < -0.3 is 14.4 Å². The average Bonchev–Trinajstić information content (AvgIpc) is 3.28. The number of hydrogen-bond acceptors (Lipinski definition) is 5. The van der Waals surface area contributed by atoms with E-state index in [0.717, 1.165) is 52.1 Å². The maximum Gasteiger partial charge on any atom is 0.349 e. The van der Waals surface area contributed by atoms with E-state index in [0.29, 0.717) is 17.9 Å². The van der Waals surface area contributed by atoms with Crippen LogP contribution in [0.15, 0.2) is 78.0 Å². The number of aliphatic carboxylic acids is 1. The van der Waals surface area contributed by atoms with E-state index in [1.165, 1.54) is 5.56 Å². The van der Waals surface area contributed by atoms with E-state index in [4.69, 9.17) is 16.3 Å². The fourth-order valence-electron chi connectivity index (χ4n) is 3.95. The number of hydrogen-bond donors (Lipinski definition) is 1. The minimum absolute atomic E-state index is 0.506. The van der Waals surface area contributed by atoms with E-state index in [9.17, 15) is 9.90 Å². The van der Waals surface area contributed by atoms with Crippen LogP contribution in [0.25, 0.3) is 0 Å². The van der Waals surface area contributed by atoms with Gasteiger partial charge in [0.15, 0.2) is 5.16 Å². The molecule has 192 valence electrons. The number of aromatic nitrogens is 3. The molecule has 3 aromatic carbocycles. The summed E-state index contributed by atoms with van der Waals surface area (Å²) in [6, 6.07) is 22.8. The number of unbranched alkanes of at least 4 members (excludes halogenated alkanes) is 1. The first-order chi connectivity index (χ1) is 17.9. The van der Waals surface area contributed by atoms with Crippen molar-refractivity contribution in [3.05, 3.63) is 106 Å². The normalized spacial score (nSPS) is 11.9.